The standard InChI is InChI=1S/C25H28N4OS/c1-18-10-11-22-23(14-18)31-24(29-22)17-21-16-20(15-19-8-4-2-5-9-19)27-25(28-21)26-12-6-3-7-13-30/h2,4-5,8-11,14,16,30H,3,6-7,12-13,15,17H2,1H3,(H,26,27,28). The van der Waals surface area contributed by atoms with Crippen LogP contribution in [0.3, 0.4) is 0 Å². The van der Waals surface area contributed by atoms with E-state index < -0.39 is 0 Å². The third kappa shape index (κ3) is 6.09. The number of fused-ring (bicyclic) bond motifs is 1. The van der Waals surface area contributed by atoms with Crippen LogP contribution >= 0.6 is 11.3 Å². The second kappa shape index (κ2) is 10.5. The van der Waals surface area contributed by atoms with Gasteiger partial charge in [-0.25, -0.2) is 15.0 Å². The predicted molar refractivity (Wildman–Crippen MR) is 128 cm³/mol. The summed E-state index contributed by atoms with van der Waals surface area (Å²) in [6.07, 6.45) is 4.28. The highest BCUT2D eigenvalue weighted by Crippen LogP contribution is 2.25. The van der Waals surface area contributed by atoms with Crippen LogP contribution in [0.5, 0.6) is 0 Å². The first kappa shape index (κ1) is 21.4. The molecule has 6 heteroatoms. The number of hydrogen-bond donors (Lipinski definition) is 2. The van der Waals surface area contributed by atoms with Gasteiger partial charge in [0.05, 0.1) is 26.6 Å². The summed E-state index contributed by atoms with van der Waals surface area (Å²) in [6, 6.07) is 18.9. The molecule has 0 amide bonds. The zero-order chi connectivity index (χ0) is 21.5. The van der Waals surface area contributed by atoms with Gasteiger partial charge < -0.3 is 10.4 Å². The molecule has 0 aliphatic rings. The fourth-order valence-corrected chi connectivity index (χ4v) is 4.62. The van der Waals surface area contributed by atoms with Crippen molar-refractivity contribution in [3.63, 3.8) is 0 Å². The van der Waals surface area contributed by atoms with E-state index in [4.69, 9.17) is 20.1 Å². The molecule has 4 rings (SSSR count). The second-order valence-electron chi connectivity index (χ2n) is 7.80. The van der Waals surface area contributed by atoms with Gasteiger partial charge in [-0.05, 0) is 55.5 Å². The van der Waals surface area contributed by atoms with E-state index in [1.165, 1.54) is 15.8 Å². The Morgan fingerprint density at radius 3 is 2.48 bits per heavy atom. The topological polar surface area (TPSA) is 70.9 Å². The first-order valence-corrected chi connectivity index (χ1v) is 11.6. The van der Waals surface area contributed by atoms with E-state index in [1.807, 2.05) is 6.07 Å². The van der Waals surface area contributed by atoms with Crippen LogP contribution in [0.15, 0.2) is 54.6 Å². The summed E-state index contributed by atoms with van der Waals surface area (Å²) in [5.41, 5.74) is 5.52. The summed E-state index contributed by atoms with van der Waals surface area (Å²) in [6.45, 7) is 3.15. The van der Waals surface area contributed by atoms with E-state index in [0.717, 1.165) is 54.1 Å². The van der Waals surface area contributed by atoms with Gasteiger partial charge in [0.1, 0.15) is 0 Å². The van der Waals surface area contributed by atoms with E-state index in [0.29, 0.717) is 12.4 Å². The molecule has 2 N–H and O–H groups in total. The first-order valence-electron chi connectivity index (χ1n) is 10.8. The lowest BCUT2D eigenvalue weighted by molar-refractivity contribution is 0.283. The number of aryl methyl sites for hydroxylation is 1. The zero-order valence-electron chi connectivity index (χ0n) is 17.8. The molecule has 5 nitrogen and oxygen atoms in total. The molecule has 2 aromatic carbocycles. The Kier molecular flexibility index (Phi) is 7.22. The van der Waals surface area contributed by atoms with Crippen LogP contribution < -0.4 is 5.32 Å². The number of anilines is 1. The van der Waals surface area contributed by atoms with Gasteiger partial charge in [0.15, 0.2) is 0 Å². The minimum absolute atomic E-state index is 0.245. The molecule has 0 fully saturated rings. The van der Waals surface area contributed by atoms with Crippen molar-refractivity contribution in [2.45, 2.75) is 39.0 Å². The number of hydrogen-bond acceptors (Lipinski definition) is 6. The molecule has 0 aliphatic carbocycles. The highest BCUT2D eigenvalue weighted by Gasteiger charge is 2.10. The number of rotatable bonds is 10. The molecule has 160 valence electrons. The number of benzene rings is 2. The van der Waals surface area contributed by atoms with Crippen LogP contribution in [0.1, 0.15) is 46.8 Å². The number of nitrogens with one attached hydrogen (secondary N) is 1. The van der Waals surface area contributed by atoms with Gasteiger partial charge in [-0.1, -0.05) is 36.4 Å². The van der Waals surface area contributed by atoms with Crippen molar-refractivity contribution in [3.05, 3.63) is 82.1 Å². The molecule has 0 atom stereocenters. The molecule has 2 heterocycles. The Hall–Kier alpha value is -2.83. The number of aliphatic hydroxyl groups is 1. The molecule has 0 saturated heterocycles. The molecule has 2 aromatic heterocycles. The van der Waals surface area contributed by atoms with Gasteiger partial charge in [-0.3, -0.25) is 0 Å². The largest absolute Gasteiger partial charge is 0.396 e. The average Bonchev–Trinajstić information content (AvgIpc) is 3.15. The first-order chi connectivity index (χ1) is 15.2. The zero-order valence-corrected chi connectivity index (χ0v) is 18.7. The van der Waals surface area contributed by atoms with Crippen molar-refractivity contribution in [2.24, 2.45) is 0 Å². The van der Waals surface area contributed by atoms with Gasteiger partial charge in [0.2, 0.25) is 5.95 Å². The third-order valence-electron chi connectivity index (χ3n) is 5.10. The van der Waals surface area contributed by atoms with Crippen molar-refractivity contribution in [3.8, 4) is 0 Å². The third-order valence-corrected chi connectivity index (χ3v) is 6.12. The van der Waals surface area contributed by atoms with Crippen molar-refractivity contribution < 1.29 is 5.11 Å². The summed E-state index contributed by atoms with van der Waals surface area (Å²) in [7, 11) is 0. The van der Waals surface area contributed by atoms with E-state index in [2.05, 4.69) is 60.8 Å². The maximum atomic E-state index is 8.95. The molecule has 0 saturated carbocycles. The molecular weight excluding hydrogens is 404 g/mol. The van der Waals surface area contributed by atoms with Gasteiger partial charge in [-0.2, -0.15) is 0 Å². The number of nitrogens with zero attached hydrogens (tertiary/aromatic N) is 3. The second-order valence-corrected chi connectivity index (χ2v) is 8.92. The maximum Gasteiger partial charge on any atom is 0.223 e. The SMILES string of the molecule is Cc1ccc2nc(Cc3cc(Cc4ccccc4)nc(NCCCCCO)n3)sc2c1. The summed E-state index contributed by atoms with van der Waals surface area (Å²) in [4.78, 5) is 14.3. The predicted octanol–water partition coefficient (Wildman–Crippen LogP) is 5.15. The van der Waals surface area contributed by atoms with E-state index in [9.17, 15) is 0 Å². The minimum atomic E-state index is 0.245. The molecule has 0 radical (unpaired) electrons. The molecule has 0 unspecified atom stereocenters. The van der Waals surface area contributed by atoms with Crippen LogP contribution in [0.25, 0.3) is 10.2 Å². The summed E-state index contributed by atoms with van der Waals surface area (Å²) >= 11 is 1.73. The van der Waals surface area contributed by atoms with Gasteiger partial charge >= 0.3 is 0 Å². The Labute approximate surface area is 187 Å². The monoisotopic (exact) mass is 432 g/mol. The van der Waals surface area contributed by atoms with Crippen molar-refractivity contribution >= 4 is 27.5 Å². The fourth-order valence-electron chi connectivity index (χ4n) is 3.54. The maximum absolute atomic E-state index is 8.95. The molecule has 0 spiro atoms. The highest BCUT2D eigenvalue weighted by molar-refractivity contribution is 7.18. The average molecular weight is 433 g/mol. The van der Waals surface area contributed by atoms with Crippen LogP contribution in [0, 0.1) is 6.92 Å². The Bertz CT molecular complexity index is 1130. The van der Waals surface area contributed by atoms with E-state index in [1.54, 1.807) is 11.3 Å². The number of thiazole rings is 1. The summed E-state index contributed by atoms with van der Waals surface area (Å²) in [5, 5.41) is 13.4. The van der Waals surface area contributed by atoms with Gasteiger partial charge in [-0.15, -0.1) is 11.3 Å². The Balaban J connectivity index is 1.55. The number of aliphatic hydroxyl groups excluding tert-OH is 1. The van der Waals surface area contributed by atoms with Gasteiger partial charge in [0.25, 0.3) is 0 Å². The molecule has 0 aliphatic heterocycles. The normalized spacial score (nSPS) is 11.2. The van der Waals surface area contributed by atoms with Crippen LogP contribution in [0.2, 0.25) is 0 Å². The van der Waals surface area contributed by atoms with E-state index in [-0.39, 0.29) is 6.61 Å². The van der Waals surface area contributed by atoms with E-state index >= 15 is 0 Å². The van der Waals surface area contributed by atoms with Crippen LogP contribution in [-0.4, -0.2) is 33.2 Å². The molecular formula is C25H28N4OS. The molecule has 0 bridgehead atoms. The number of unbranched alkanes of at least 4 members (excludes halogenated alkanes) is 2. The van der Waals surface area contributed by atoms with Crippen LogP contribution in [0.4, 0.5) is 5.95 Å². The highest BCUT2D eigenvalue weighted by atomic mass is 32.1. The lowest BCUT2D eigenvalue weighted by Gasteiger charge is -2.10. The van der Waals surface area contributed by atoms with Crippen LogP contribution in [-0.2, 0) is 12.8 Å². The Morgan fingerprint density at radius 2 is 1.68 bits per heavy atom. The lowest BCUT2D eigenvalue weighted by Crippen LogP contribution is -2.09. The molecule has 4 aromatic rings. The summed E-state index contributed by atoms with van der Waals surface area (Å²) in [5.74, 6) is 0.671. The quantitative estimate of drug-likeness (QED) is 0.339. The smallest absolute Gasteiger partial charge is 0.223 e. The fraction of sp³-hybridized carbons (Fsp3) is 0.320. The minimum Gasteiger partial charge on any atom is -0.396 e. The van der Waals surface area contributed by atoms with Crippen molar-refractivity contribution in [1.29, 1.82) is 0 Å². The number of aromatic nitrogens is 3. The summed E-state index contributed by atoms with van der Waals surface area (Å²) < 4.78 is 1.22. The molecule has 31 heavy (non-hydrogen) atoms. The lowest BCUT2D eigenvalue weighted by atomic mass is 10.1. The van der Waals surface area contributed by atoms with Crippen molar-refractivity contribution in [2.75, 3.05) is 18.5 Å². The van der Waals surface area contributed by atoms with Gasteiger partial charge in [0, 0.05) is 26.0 Å². The van der Waals surface area contributed by atoms with Crippen molar-refractivity contribution in [1.82, 2.24) is 15.0 Å². The Morgan fingerprint density at radius 1 is 0.871 bits per heavy atom.